The minimum Gasteiger partial charge on any atom is -0.423 e. The van der Waals surface area contributed by atoms with E-state index in [4.69, 9.17) is 38.9 Å². The van der Waals surface area contributed by atoms with Crippen LogP contribution in [0.1, 0.15) is 147 Å². The summed E-state index contributed by atoms with van der Waals surface area (Å²) in [7, 11) is 4.89. The molecular weight excluding hydrogens is 1430 g/mol. The number of rotatable bonds is 21. The molecule has 3 saturated heterocycles. The van der Waals surface area contributed by atoms with E-state index in [1.807, 2.05) is 43.8 Å². The summed E-state index contributed by atoms with van der Waals surface area (Å²) in [4.78, 5) is 54.0. The summed E-state index contributed by atoms with van der Waals surface area (Å²) >= 11 is 15.1. The lowest BCUT2D eigenvalue weighted by Crippen LogP contribution is -2.43. The molecule has 0 bridgehead atoms. The minimum absolute atomic E-state index is 0. The van der Waals surface area contributed by atoms with Crippen molar-refractivity contribution in [2.24, 2.45) is 5.73 Å². The molecule has 6 aromatic heterocycles. The number of nitrogens with one attached hydrogen (secondary N) is 4. The maximum atomic E-state index is 9.90. The summed E-state index contributed by atoms with van der Waals surface area (Å²) in [5, 5.41) is 61.5. The molecule has 103 heavy (non-hydrogen) atoms. The summed E-state index contributed by atoms with van der Waals surface area (Å²) in [6.07, 6.45) is 24.8. The number of aliphatic hydroxyl groups is 3. The van der Waals surface area contributed by atoms with Crippen LogP contribution < -0.4 is 32.5 Å². The summed E-state index contributed by atoms with van der Waals surface area (Å²) < 4.78 is 0.907. The average Bonchev–Trinajstić information content (AvgIpc) is 0.882. The second kappa shape index (κ2) is 44.8. The first-order valence-corrected chi connectivity index (χ1v) is 38.6. The Labute approximate surface area is 636 Å². The molecule has 6 aliphatic rings. The van der Waals surface area contributed by atoms with Crippen LogP contribution in [-0.2, 0) is 19.6 Å². The summed E-state index contributed by atoms with van der Waals surface area (Å²) in [5.41, 5.74) is 12.8. The molecule has 9 heterocycles. The number of halogens is 4. The molecule has 6 aromatic rings. The van der Waals surface area contributed by atoms with Gasteiger partial charge in [-0.2, -0.15) is 4.98 Å². The number of hydrogen-bond acceptors (Lipinski definition) is 25. The zero-order valence-corrected chi connectivity index (χ0v) is 65.5. The molecule has 0 spiro atoms. The lowest BCUT2D eigenvalue weighted by molar-refractivity contribution is 0.125. The highest BCUT2D eigenvalue weighted by Gasteiger charge is 2.27. The van der Waals surface area contributed by atoms with Crippen LogP contribution in [0.25, 0.3) is 22.5 Å². The molecule has 30 heteroatoms. The highest BCUT2D eigenvalue weighted by atomic mass is 79.9. The zero-order chi connectivity index (χ0) is 72.9. The van der Waals surface area contributed by atoms with Gasteiger partial charge in [-0.15, -0.1) is 12.4 Å². The van der Waals surface area contributed by atoms with Gasteiger partial charge in [-0.1, -0.05) is 44.9 Å². The monoisotopic (exact) mass is 1550 g/mol. The third-order valence-corrected chi connectivity index (χ3v) is 20.4. The van der Waals surface area contributed by atoms with E-state index in [2.05, 4.69) is 168 Å². The number of aliphatic hydroxyl groups excluding tert-OH is 3. The Morgan fingerprint density at radius 2 is 0.854 bits per heavy atom. The number of anilines is 4. The lowest BCUT2D eigenvalue weighted by Gasteiger charge is -2.32. The maximum absolute atomic E-state index is 9.90. The first-order valence-electron chi connectivity index (χ1n) is 37.0. The summed E-state index contributed by atoms with van der Waals surface area (Å²) in [6.45, 7) is 24.9. The Balaban J connectivity index is 0.000000194. The first kappa shape index (κ1) is 85.1. The Kier molecular flexibility index (Phi) is 37.0. The summed E-state index contributed by atoms with van der Waals surface area (Å²) in [5.74, 6) is 2.52. The van der Waals surface area contributed by atoms with Crippen LogP contribution >= 0.6 is 51.5 Å². The molecule has 0 unspecified atom stereocenters. The van der Waals surface area contributed by atoms with Gasteiger partial charge < -0.3 is 67.1 Å². The van der Waals surface area contributed by atoms with E-state index in [0.29, 0.717) is 35.7 Å². The van der Waals surface area contributed by atoms with Crippen molar-refractivity contribution >= 4 is 87.5 Å². The quantitative estimate of drug-likeness (QED) is 0.0183. The number of pyridine rings is 3. The van der Waals surface area contributed by atoms with Gasteiger partial charge >= 0.3 is 7.12 Å². The van der Waals surface area contributed by atoms with Crippen LogP contribution in [0, 0.1) is 0 Å². The maximum Gasteiger partial charge on any atom is 0.493 e. The van der Waals surface area contributed by atoms with E-state index in [9.17, 15) is 25.4 Å². The van der Waals surface area contributed by atoms with Crippen molar-refractivity contribution in [3.05, 3.63) is 105 Å². The zero-order valence-electron chi connectivity index (χ0n) is 61.6. The second-order valence-corrected chi connectivity index (χ2v) is 30.0. The third-order valence-electron chi connectivity index (χ3n) is 19.6. The molecule has 11 N–H and O–H groups in total. The van der Waals surface area contributed by atoms with Gasteiger partial charge in [0.2, 0.25) is 16.5 Å². The first-order chi connectivity index (χ1) is 49.1. The van der Waals surface area contributed by atoms with Gasteiger partial charge in [0.25, 0.3) is 0 Å². The van der Waals surface area contributed by atoms with E-state index in [-0.39, 0.29) is 58.8 Å². The van der Waals surface area contributed by atoms with Gasteiger partial charge in [-0.25, -0.2) is 29.9 Å². The van der Waals surface area contributed by atoms with Crippen LogP contribution in [0.15, 0.2) is 78.2 Å². The average molecular weight is 1550 g/mol. The Morgan fingerprint density at radius 1 is 0.485 bits per heavy atom. The fourth-order valence-electron chi connectivity index (χ4n) is 13.1. The number of hydrogen-bond donors (Lipinski definition) is 10. The molecule has 2 atom stereocenters. The van der Waals surface area contributed by atoms with Crippen molar-refractivity contribution in [1.29, 1.82) is 0 Å². The fraction of sp³-hybridized carbons (Fsp3) is 0.630. The van der Waals surface area contributed by atoms with Gasteiger partial charge in [-0.3, -0.25) is 24.7 Å². The van der Waals surface area contributed by atoms with Crippen molar-refractivity contribution in [3.63, 3.8) is 0 Å². The standard InChI is InChI=1S/C26H41N7O.C21H29ClN6O.C11H16BrN3.C10H15BClN3O3.C5H13N.ClH/c1-4-5-19(2)29-26-28-17-23(25(31-26)30-21-7-9-22(34)10-8-21)24-11-6-20(16-27-24)18-33-14-12-32(3)13-15-33;1-27-8-10-28(11-9-27)14-15-2-7-19(23-12-15)18-13-24-21(22)26-20(18)25-16-3-5-17(29)6-4-16;1-14-4-6-15(7-5-14)9-10-2-3-11(12)13-8-10;12-10-13-5-8(11(17)18)9(15-10)14-6-1-3-7(16)4-2-6;1-3-4-5(2)6;/h6,11,16-17,19,21-22,34H,4-5,7-10,12-15,18H2,1-3H3,(H2,28,29,30,31);2,7,12-13,16-17,29H,3-6,8-11,14H2,1H3,(H,24,25,26);2-3,8H,4-7,9H2,1H3;5-7,16-18H,1-4H2,(H,13,14,15);5H,3-4,6H2,1-2H3;1H/t19-,21?,22?;;;;5-;/m0...0./s1. The topological polar surface area (TPSA) is 311 Å². The largest absolute Gasteiger partial charge is 0.493 e. The minimum atomic E-state index is -1.64. The normalized spacial score (nSPS) is 22.1. The molecule has 3 aliphatic carbocycles. The van der Waals surface area contributed by atoms with Crippen LogP contribution in [0.4, 0.5) is 23.4 Å². The van der Waals surface area contributed by atoms with E-state index < -0.39 is 7.12 Å². The van der Waals surface area contributed by atoms with Crippen molar-refractivity contribution in [3.8, 4) is 22.5 Å². The van der Waals surface area contributed by atoms with Crippen LogP contribution in [0.5, 0.6) is 0 Å². The van der Waals surface area contributed by atoms with Crippen LogP contribution in [0.2, 0.25) is 10.6 Å². The molecule has 568 valence electrons. The lowest BCUT2D eigenvalue weighted by atomic mass is 9.81. The molecule has 25 nitrogen and oxygen atoms in total. The van der Waals surface area contributed by atoms with Crippen LogP contribution in [0.3, 0.4) is 0 Å². The number of nitrogens with zero attached hydrogens (tertiary/aromatic N) is 15. The number of likely N-dealkylation sites (N-methyl/N-ethyl adjacent to an activating group) is 3. The molecule has 12 rings (SSSR count). The van der Waals surface area contributed by atoms with Crippen molar-refractivity contribution in [1.82, 2.24) is 74.3 Å². The van der Waals surface area contributed by atoms with E-state index in [1.165, 1.54) is 42.4 Å². The molecule has 0 aromatic carbocycles. The van der Waals surface area contributed by atoms with Gasteiger partial charge in [0.1, 0.15) is 22.1 Å². The third kappa shape index (κ3) is 30.2. The molecule has 0 radical (unpaired) electrons. The Bertz CT molecular complexity index is 3340. The molecule has 3 saturated carbocycles. The van der Waals surface area contributed by atoms with Crippen molar-refractivity contribution < 1.29 is 25.4 Å². The van der Waals surface area contributed by atoms with Gasteiger partial charge in [0.05, 0.1) is 40.8 Å². The number of nitrogens with two attached hydrogens (primary N) is 1. The molecule has 6 fully saturated rings. The fourth-order valence-corrected chi connectivity index (χ4v) is 13.7. The molecular formula is C73H115BBrCl3N20O5. The molecule has 0 amide bonds. The second-order valence-electron chi connectivity index (χ2n) is 28.6. The smallest absolute Gasteiger partial charge is 0.423 e. The SMILES string of the molecule is CCC[C@H](C)N.CCC[C@H](C)Nc1ncc(-c2ccc(CN3CCN(C)CC3)cn2)c(NC2CCC(O)CC2)n1.CN1CCN(Cc2ccc(-c3cnc(Cl)nc3NC3CCC(O)CC3)nc2)CC1.CN1CCN(Cc2ccc(Br)nc2)CC1.Cl.OB(O)c1cnc(Cl)nc1NC1CCC(O)CC1. The molecule has 3 aliphatic heterocycles. The number of piperazine rings is 3. The van der Waals surface area contributed by atoms with E-state index >= 15 is 0 Å². The van der Waals surface area contributed by atoms with Gasteiger partial charge in [0, 0.05) is 171 Å². The van der Waals surface area contributed by atoms with Gasteiger partial charge in [0.15, 0.2) is 0 Å². The Morgan fingerprint density at radius 3 is 1.21 bits per heavy atom. The predicted molar refractivity (Wildman–Crippen MR) is 422 cm³/mol. The van der Waals surface area contributed by atoms with Crippen LogP contribution in [-0.4, -0.2) is 255 Å². The Hall–Kier alpha value is -5.18. The van der Waals surface area contributed by atoms with E-state index in [1.54, 1.807) is 6.20 Å². The number of aromatic nitrogens is 9. The van der Waals surface area contributed by atoms with E-state index in [0.717, 1.165) is 214 Å². The van der Waals surface area contributed by atoms with Crippen molar-refractivity contribution in [2.75, 3.05) is 121 Å². The van der Waals surface area contributed by atoms with Crippen molar-refractivity contribution in [2.45, 2.75) is 199 Å². The van der Waals surface area contributed by atoms with Gasteiger partial charge in [-0.05, 0) is 199 Å². The predicted octanol–water partition coefficient (Wildman–Crippen LogP) is 8.93. The highest BCUT2D eigenvalue weighted by Crippen LogP contribution is 2.32. The highest BCUT2D eigenvalue weighted by molar-refractivity contribution is 9.10. The summed E-state index contributed by atoms with van der Waals surface area (Å²) in [6, 6.07) is 14.0.